The van der Waals surface area contributed by atoms with Gasteiger partial charge in [0.1, 0.15) is 6.54 Å². The predicted octanol–water partition coefficient (Wildman–Crippen LogP) is 3.52. The number of carbonyl (C=O) groups is 1. The Bertz CT molecular complexity index is 882. The number of nitrogens with zero attached hydrogens (tertiary/aromatic N) is 4. The SMILES string of the molecule is CC(NC(=O)Cn1nnc(-c2ccccc2)n1)c1ccc(Cl)c(Cl)c1. The van der Waals surface area contributed by atoms with E-state index in [0.717, 1.165) is 11.1 Å². The smallest absolute Gasteiger partial charge is 0.244 e. The van der Waals surface area contributed by atoms with Gasteiger partial charge in [0.2, 0.25) is 11.7 Å². The minimum Gasteiger partial charge on any atom is -0.348 e. The first kappa shape index (κ1) is 17.4. The maximum atomic E-state index is 12.2. The van der Waals surface area contributed by atoms with Gasteiger partial charge in [-0.2, -0.15) is 4.80 Å². The van der Waals surface area contributed by atoms with Crippen molar-refractivity contribution in [3.8, 4) is 11.4 Å². The van der Waals surface area contributed by atoms with Crippen molar-refractivity contribution >= 4 is 29.1 Å². The maximum absolute atomic E-state index is 12.2. The maximum Gasteiger partial charge on any atom is 0.244 e. The lowest BCUT2D eigenvalue weighted by molar-refractivity contribution is -0.122. The van der Waals surface area contributed by atoms with Gasteiger partial charge >= 0.3 is 0 Å². The second-order valence-electron chi connectivity index (χ2n) is 5.47. The number of carbonyl (C=O) groups excluding carboxylic acids is 1. The normalized spacial score (nSPS) is 12.0. The van der Waals surface area contributed by atoms with Crippen LogP contribution >= 0.6 is 23.2 Å². The van der Waals surface area contributed by atoms with Gasteiger partial charge in [0.05, 0.1) is 16.1 Å². The van der Waals surface area contributed by atoms with Crippen LogP contribution in [0.15, 0.2) is 48.5 Å². The lowest BCUT2D eigenvalue weighted by Gasteiger charge is -2.14. The largest absolute Gasteiger partial charge is 0.348 e. The topological polar surface area (TPSA) is 72.7 Å². The van der Waals surface area contributed by atoms with Crippen molar-refractivity contribution < 1.29 is 4.79 Å². The highest BCUT2D eigenvalue weighted by molar-refractivity contribution is 6.42. The molecule has 0 saturated heterocycles. The summed E-state index contributed by atoms with van der Waals surface area (Å²) in [7, 11) is 0. The van der Waals surface area contributed by atoms with Gasteiger partial charge in [-0.3, -0.25) is 4.79 Å². The highest BCUT2D eigenvalue weighted by Gasteiger charge is 2.13. The molecule has 1 amide bonds. The molecule has 0 bridgehead atoms. The summed E-state index contributed by atoms with van der Waals surface area (Å²) in [6, 6.07) is 14.5. The molecule has 3 rings (SSSR count). The summed E-state index contributed by atoms with van der Waals surface area (Å²) in [6.07, 6.45) is 0. The number of hydrogen-bond donors (Lipinski definition) is 1. The van der Waals surface area contributed by atoms with Crippen molar-refractivity contribution in [2.75, 3.05) is 0 Å². The molecular weight excluding hydrogens is 361 g/mol. The van der Waals surface area contributed by atoms with Crippen molar-refractivity contribution in [1.82, 2.24) is 25.5 Å². The van der Waals surface area contributed by atoms with Gasteiger partial charge in [0, 0.05) is 5.56 Å². The average Bonchev–Trinajstić information content (AvgIpc) is 3.06. The first-order chi connectivity index (χ1) is 12.0. The van der Waals surface area contributed by atoms with Crippen molar-refractivity contribution in [3.05, 3.63) is 64.1 Å². The van der Waals surface area contributed by atoms with Crippen LogP contribution in [0.25, 0.3) is 11.4 Å². The number of tetrazole rings is 1. The Kier molecular flexibility index (Phi) is 5.31. The number of amides is 1. The number of benzene rings is 2. The number of aromatic nitrogens is 4. The van der Waals surface area contributed by atoms with Crippen LogP contribution in [0.5, 0.6) is 0 Å². The van der Waals surface area contributed by atoms with Gasteiger partial charge in [-0.05, 0) is 29.8 Å². The predicted molar refractivity (Wildman–Crippen MR) is 96.3 cm³/mol. The molecule has 0 fully saturated rings. The van der Waals surface area contributed by atoms with E-state index in [2.05, 4.69) is 20.7 Å². The molecule has 2 aromatic carbocycles. The van der Waals surface area contributed by atoms with E-state index in [1.54, 1.807) is 12.1 Å². The molecule has 25 heavy (non-hydrogen) atoms. The quantitative estimate of drug-likeness (QED) is 0.740. The van der Waals surface area contributed by atoms with E-state index >= 15 is 0 Å². The molecule has 1 aromatic heterocycles. The van der Waals surface area contributed by atoms with Gasteiger partial charge in [-0.15, -0.1) is 10.2 Å². The Hall–Kier alpha value is -2.44. The van der Waals surface area contributed by atoms with Crippen LogP contribution in [0.2, 0.25) is 10.0 Å². The van der Waals surface area contributed by atoms with Crippen LogP contribution in [-0.4, -0.2) is 26.1 Å². The molecule has 0 aliphatic carbocycles. The Balaban J connectivity index is 1.62. The molecule has 0 aliphatic rings. The van der Waals surface area contributed by atoms with Gasteiger partial charge < -0.3 is 5.32 Å². The number of halogens is 2. The summed E-state index contributed by atoms with van der Waals surface area (Å²) in [5, 5.41) is 15.9. The molecule has 0 radical (unpaired) electrons. The van der Waals surface area contributed by atoms with Gasteiger partial charge in [-0.1, -0.05) is 59.6 Å². The van der Waals surface area contributed by atoms with E-state index in [1.165, 1.54) is 4.80 Å². The van der Waals surface area contributed by atoms with Crippen LogP contribution in [-0.2, 0) is 11.3 Å². The second kappa shape index (κ2) is 7.63. The van der Waals surface area contributed by atoms with E-state index in [9.17, 15) is 4.79 Å². The molecule has 128 valence electrons. The van der Waals surface area contributed by atoms with E-state index in [-0.39, 0.29) is 18.5 Å². The van der Waals surface area contributed by atoms with E-state index in [4.69, 9.17) is 23.2 Å². The number of rotatable bonds is 5. The summed E-state index contributed by atoms with van der Waals surface area (Å²) in [6.45, 7) is 1.84. The zero-order chi connectivity index (χ0) is 17.8. The molecule has 0 saturated carbocycles. The molecule has 8 heteroatoms. The Labute approximate surface area is 154 Å². The summed E-state index contributed by atoms with van der Waals surface area (Å²) in [5.41, 5.74) is 1.71. The summed E-state index contributed by atoms with van der Waals surface area (Å²) in [5.74, 6) is 0.251. The Morgan fingerprint density at radius 2 is 1.92 bits per heavy atom. The lowest BCUT2D eigenvalue weighted by Crippen LogP contribution is -2.30. The van der Waals surface area contributed by atoms with E-state index in [0.29, 0.717) is 15.9 Å². The monoisotopic (exact) mass is 375 g/mol. The minimum absolute atomic E-state index is 0.0223. The summed E-state index contributed by atoms with van der Waals surface area (Å²) >= 11 is 11.9. The van der Waals surface area contributed by atoms with Crippen LogP contribution < -0.4 is 5.32 Å². The molecule has 1 unspecified atom stereocenters. The first-order valence-electron chi connectivity index (χ1n) is 7.60. The Morgan fingerprint density at radius 3 is 2.64 bits per heavy atom. The molecule has 1 atom stereocenters. The van der Waals surface area contributed by atoms with Crippen LogP contribution in [0, 0.1) is 0 Å². The lowest BCUT2D eigenvalue weighted by atomic mass is 10.1. The molecule has 0 aliphatic heterocycles. The molecule has 3 aromatic rings. The zero-order valence-corrected chi connectivity index (χ0v) is 14.9. The average molecular weight is 376 g/mol. The van der Waals surface area contributed by atoms with Crippen molar-refractivity contribution in [2.24, 2.45) is 0 Å². The third kappa shape index (κ3) is 4.35. The molecular formula is C17H15Cl2N5O. The fraction of sp³-hybridized carbons (Fsp3) is 0.176. The number of hydrogen-bond acceptors (Lipinski definition) is 4. The first-order valence-corrected chi connectivity index (χ1v) is 8.36. The zero-order valence-electron chi connectivity index (χ0n) is 13.4. The third-order valence-corrected chi connectivity index (χ3v) is 4.33. The fourth-order valence-electron chi connectivity index (χ4n) is 2.29. The van der Waals surface area contributed by atoms with Crippen LogP contribution in [0.3, 0.4) is 0 Å². The highest BCUT2D eigenvalue weighted by Crippen LogP contribution is 2.25. The van der Waals surface area contributed by atoms with Crippen LogP contribution in [0.1, 0.15) is 18.5 Å². The molecule has 0 spiro atoms. The van der Waals surface area contributed by atoms with Gasteiger partial charge in [0.25, 0.3) is 0 Å². The van der Waals surface area contributed by atoms with Gasteiger partial charge in [-0.25, -0.2) is 0 Å². The summed E-state index contributed by atoms with van der Waals surface area (Å²) in [4.78, 5) is 13.5. The highest BCUT2D eigenvalue weighted by atomic mass is 35.5. The second-order valence-corrected chi connectivity index (χ2v) is 6.29. The van der Waals surface area contributed by atoms with E-state index < -0.39 is 0 Å². The van der Waals surface area contributed by atoms with Crippen LogP contribution in [0.4, 0.5) is 0 Å². The van der Waals surface area contributed by atoms with Gasteiger partial charge in [0.15, 0.2) is 0 Å². The summed E-state index contributed by atoms with van der Waals surface area (Å²) < 4.78 is 0. The van der Waals surface area contributed by atoms with E-state index in [1.807, 2.05) is 43.3 Å². The molecule has 1 heterocycles. The molecule has 1 N–H and O–H groups in total. The van der Waals surface area contributed by atoms with Crippen molar-refractivity contribution in [2.45, 2.75) is 19.5 Å². The Morgan fingerprint density at radius 1 is 1.16 bits per heavy atom. The fourth-order valence-corrected chi connectivity index (χ4v) is 2.60. The molecule has 6 nitrogen and oxygen atoms in total. The standard InChI is InChI=1S/C17H15Cl2N5O/c1-11(13-7-8-14(18)15(19)9-13)20-16(25)10-24-22-17(21-23-24)12-5-3-2-4-6-12/h2-9,11H,10H2,1H3,(H,20,25). The minimum atomic E-state index is -0.226. The van der Waals surface area contributed by atoms with Crippen molar-refractivity contribution in [1.29, 1.82) is 0 Å². The number of nitrogens with one attached hydrogen (secondary N) is 1. The van der Waals surface area contributed by atoms with Crippen molar-refractivity contribution in [3.63, 3.8) is 0 Å². The third-order valence-electron chi connectivity index (χ3n) is 3.59.